The van der Waals surface area contributed by atoms with Crippen LogP contribution in [0.4, 0.5) is 0 Å². The average molecular weight is 793 g/mol. The largest absolute Gasteiger partial charge is 0.307 e. The Hall–Kier alpha value is -6.56. The number of aromatic nitrogens is 4. The molecule has 0 amide bonds. The van der Waals surface area contributed by atoms with Gasteiger partial charge in [0, 0.05) is 48.4 Å². The van der Waals surface area contributed by atoms with Crippen molar-refractivity contribution in [1.29, 1.82) is 0 Å². The lowest BCUT2D eigenvalue weighted by atomic mass is 9.59. The van der Waals surface area contributed by atoms with E-state index in [0.29, 0.717) is 0 Å². The first kappa shape index (κ1) is 35.4. The Bertz CT molecular complexity index is 3580. The number of rotatable bonds is 4. The molecule has 0 N–H and O–H groups in total. The highest BCUT2D eigenvalue weighted by molar-refractivity contribution is 7.26. The van der Waals surface area contributed by atoms with Crippen molar-refractivity contribution in [3.05, 3.63) is 169 Å². The fraction of sp³-hybridized carbons (Fsp3) is 0.164. The second kappa shape index (κ2) is 12.2. The van der Waals surface area contributed by atoms with Gasteiger partial charge in [0.2, 0.25) is 0 Å². The molecule has 1 aliphatic rings. The lowest BCUT2D eigenvalue weighted by Gasteiger charge is -2.44. The molecule has 0 bridgehead atoms. The van der Waals surface area contributed by atoms with Gasteiger partial charge < -0.3 is 9.13 Å². The summed E-state index contributed by atoms with van der Waals surface area (Å²) in [5.74, 6) is 0.736. The Morgan fingerprint density at radius 2 is 1.08 bits per heavy atom. The first-order valence-corrected chi connectivity index (χ1v) is 21.8. The summed E-state index contributed by atoms with van der Waals surface area (Å²) in [4.78, 5) is 10.6. The monoisotopic (exact) mass is 792 g/mol. The summed E-state index contributed by atoms with van der Waals surface area (Å²) in [7, 11) is 0. The van der Waals surface area contributed by atoms with Crippen LogP contribution in [0.1, 0.15) is 52.7 Å². The van der Waals surface area contributed by atoms with Crippen molar-refractivity contribution < 1.29 is 0 Å². The van der Waals surface area contributed by atoms with Crippen LogP contribution in [-0.4, -0.2) is 19.1 Å². The second-order valence-electron chi connectivity index (χ2n) is 18.2. The zero-order valence-corrected chi connectivity index (χ0v) is 35.5. The minimum Gasteiger partial charge on any atom is -0.307 e. The van der Waals surface area contributed by atoms with E-state index in [1.54, 1.807) is 11.3 Å². The minimum atomic E-state index is -0.0941. The quantitative estimate of drug-likeness (QED) is 0.178. The van der Waals surface area contributed by atoms with Crippen LogP contribution >= 0.6 is 11.3 Å². The molecule has 4 heterocycles. The van der Waals surface area contributed by atoms with Crippen molar-refractivity contribution in [3.8, 4) is 34.0 Å². The topological polar surface area (TPSA) is 35.6 Å². The average Bonchev–Trinajstić information content (AvgIpc) is 3.96. The SMILES string of the molecule is CC1(C)c2cccc(-n3c4ccccc4c4ccc5c6ccccc6n(-c6cccc(-c7nc(-c8ccccc8)nc8c7sc7ccccc78)c6)c5c43)c2C(C)(C)C1(C)C. The molecule has 60 heavy (non-hydrogen) atoms. The van der Waals surface area contributed by atoms with Crippen LogP contribution in [0.2, 0.25) is 0 Å². The minimum absolute atomic E-state index is 0.0169. The Morgan fingerprint density at radius 1 is 0.483 bits per heavy atom. The molecule has 4 nitrogen and oxygen atoms in total. The molecule has 0 saturated carbocycles. The molecule has 0 radical (unpaired) electrons. The van der Waals surface area contributed by atoms with Gasteiger partial charge in [-0.15, -0.1) is 11.3 Å². The normalized spacial score (nSPS) is 15.6. The molecule has 0 aliphatic heterocycles. The molecular weight excluding hydrogens is 749 g/mol. The van der Waals surface area contributed by atoms with Crippen LogP contribution in [0.3, 0.4) is 0 Å². The Labute approximate surface area is 353 Å². The van der Waals surface area contributed by atoms with E-state index in [0.717, 1.165) is 43.9 Å². The van der Waals surface area contributed by atoms with Crippen LogP contribution in [0, 0.1) is 5.41 Å². The number of fused-ring (bicyclic) bond motifs is 11. The number of thiophene rings is 1. The van der Waals surface area contributed by atoms with Crippen LogP contribution in [0.15, 0.2) is 158 Å². The molecule has 12 rings (SSSR count). The van der Waals surface area contributed by atoms with Crippen LogP contribution in [0.5, 0.6) is 0 Å². The number of benzene rings is 7. The van der Waals surface area contributed by atoms with Gasteiger partial charge in [-0.3, -0.25) is 0 Å². The van der Waals surface area contributed by atoms with Crippen molar-refractivity contribution in [1.82, 2.24) is 19.1 Å². The van der Waals surface area contributed by atoms with Gasteiger partial charge in [0.05, 0.1) is 43.7 Å². The fourth-order valence-corrected chi connectivity index (χ4v) is 11.8. The van der Waals surface area contributed by atoms with Crippen molar-refractivity contribution >= 4 is 75.3 Å². The van der Waals surface area contributed by atoms with Crippen molar-refractivity contribution in [2.75, 3.05) is 0 Å². The van der Waals surface area contributed by atoms with Gasteiger partial charge in [-0.1, -0.05) is 163 Å². The molecular formula is C55H44N4S. The van der Waals surface area contributed by atoms with Gasteiger partial charge in [0.1, 0.15) is 0 Å². The standard InChI is InChI=1S/C55H44N4S/c1-53(2)41-25-17-28-44(46(41)54(3,4)55(53,5)6)59-43-27-14-11-23-37(43)39-31-30-38-36-22-10-13-26-42(36)58(49(38)50(39)59)35-21-16-20-34(32-35)47-51-48(40-24-12-15-29-45(40)60-51)57-52(56-47)33-18-8-7-9-19-33/h7-32H,1-6H3. The highest BCUT2D eigenvalue weighted by Crippen LogP contribution is 2.63. The number of hydrogen-bond donors (Lipinski definition) is 0. The smallest absolute Gasteiger partial charge is 0.160 e. The zero-order valence-electron chi connectivity index (χ0n) is 34.7. The third kappa shape index (κ3) is 4.56. The Morgan fingerprint density at radius 3 is 1.82 bits per heavy atom. The van der Waals surface area contributed by atoms with E-state index in [9.17, 15) is 0 Å². The molecule has 7 aromatic carbocycles. The number of nitrogens with zero attached hydrogens (tertiary/aromatic N) is 4. The molecule has 5 heteroatoms. The predicted octanol–water partition coefficient (Wildman–Crippen LogP) is 15.0. The molecule has 4 aromatic heterocycles. The maximum Gasteiger partial charge on any atom is 0.160 e. The molecule has 0 fully saturated rings. The third-order valence-corrected chi connectivity index (χ3v) is 16.0. The van der Waals surface area contributed by atoms with Crippen LogP contribution in [0.25, 0.3) is 97.9 Å². The first-order valence-electron chi connectivity index (χ1n) is 21.0. The van der Waals surface area contributed by atoms with Crippen molar-refractivity contribution in [3.63, 3.8) is 0 Å². The summed E-state index contributed by atoms with van der Waals surface area (Å²) < 4.78 is 7.42. The van der Waals surface area contributed by atoms with Crippen LogP contribution < -0.4 is 0 Å². The molecule has 0 saturated heterocycles. The lowest BCUT2D eigenvalue weighted by molar-refractivity contribution is 0.125. The highest BCUT2D eigenvalue weighted by atomic mass is 32.1. The lowest BCUT2D eigenvalue weighted by Crippen LogP contribution is -2.42. The molecule has 0 unspecified atom stereocenters. The molecule has 0 spiro atoms. The highest BCUT2D eigenvalue weighted by Gasteiger charge is 2.57. The maximum absolute atomic E-state index is 5.37. The summed E-state index contributed by atoms with van der Waals surface area (Å²) in [5.41, 5.74) is 14.0. The second-order valence-corrected chi connectivity index (χ2v) is 19.3. The van der Waals surface area contributed by atoms with E-state index in [4.69, 9.17) is 9.97 Å². The van der Waals surface area contributed by atoms with Gasteiger partial charge in [0.15, 0.2) is 5.82 Å². The Balaban J connectivity index is 1.19. The summed E-state index contributed by atoms with van der Waals surface area (Å²) in [6.07, 6.45) is 0. The Kier molecular flexibility index (Phi) is 7.22. The summed E-state index contributed by atoms with van der Waals surface area (Å²) in [6, 6.07) is 57.6. The van der Waals surface area contributed by atoms with E-state index in [1.807, 2.05) is 6.07 Å². The number of hydrogen-bond acceptors (Lipinski definition) is 3. The maximum atomic E-state index is 5.37. The first-order chi connectivity index (χ1) is 29.1. The van der Waals surface area contributed by atoms with Crippen LogP contribution in [-0.2, 0) is 10.8 Å². The van der Waals surface area contributed by atoms with E-state index < -0.39 is 0 Å². The van der Waals surface area contributed by atoms with Gasteiger partial charge in [0.25, 0.3) is 0 Å². The van der Waals surface area contributed by atoms with Crippen molar-refractivity contribution in [2.24, 2.45) is 5.41 Å². The number of para-hydroxylation sites is 2. The molecule has 0 atom stereocenters. The summed E-state index contributed by atoms with van der Waals surface area (Å²) >= 11 is 1.77. The van der Waals surface area contributed by atoms with E-state index in [1.165, 1.54) is 65.1 Å². The molecule has 11 aromatic rings. The van der Waals surface area contributed by atoms with Gasteiger partial charge in [-0.2, -0.15) is 0 Å². The van der Waals surface area contributed by atoms with Crippen molar-refractivity contribution in [2.45, 2.75) is 52.4 Å². The summed E-state index contributed by atoms with van der Waals surface area (Å²) in [6.45, 7) is 14.7. The van der Waals surface area contributed by atoms with Gasteiger partial charge in [-0.05, 0) is 63.8 Å². The van der Waals surface area contributed by atoms with E-state index in [-0.39, 0.29) is 16.2 Å². The zero-order chi connectivity index (χ0) is 40.7. The predicted molar refractivity (Wildman–Crippen MR) is 254 cm³/mol. The van der Waals surface area contributed by atoms with Gasteiger partial charge in [-0.25, -0.2) is 9.97 Å². The third-order valence-electron chi connectivity index (χ3n) is 14.8. The fourth-order valence-electron chi connectivity index (χ4n) is 10.6. The van der Waals surface area contributed by atoms with E-state index in [2.05, 4.69) is 202 Å². The summed E-state index contributed by atoms with van der Waals surface area (Å²) in [5, 5.41) is 6.14. The van der Waals surface area contributed by atoms with E-state index >= 15 is 0 Å². The van der Waals surface area contributed by atoms with Gasteiger partial charge >= 0.3 is 0 Å². The molecule has 1 aliphatic carbocycles. The molecule has 290 valence electrons.